The first-order valence-electron chi connectivity index (χ1n) is 6.21. The smallest absolute Gasteiger partial charge is 0.322 e. The summed E-state index contributed by atoms with van der Waals surface area (Å²) in [6.45, 7) is 8.17. The zero-order valence-corrected chi connectivity index (χ0v) is 11.3. The number of hydrogen-bond acceptors (Lipinski definition) is 7. The number of ether oxygens (including phenoxy) is 1. The van der Waals surface area contributed by atoms with Crippen LogP contribution in [0.5, 0.6) is 6.01 Å². The number of methoxy groups -OCH3 is 1. The Balaban J connectivity index is 2.45. The predicted octanol–water partition coefficient (Wildman–Crippen LogP) is 0.606. The summed E-state index contributed by atoms with van der Waals surface area (Å²) < 4.78 is 4.93. The molecule has 0 bridgehead atoms. The third kappa shape index (κ3) is 4.70. The van der Waals surface area contributed by atoms with Crippen LogP contribution in [0.25, 0.3) is 0 Å². The first-order chi connectivity index (χ1) is 8.69. The van der Waals surface area contributed by atoms with Gasteiger partial charge in [0.25, 0.3) is 0 Å². The minimum atomic E-state index is 0.158. The fourth-order valence-corrected chi connectivity index (χ4v) is 1.61. The Labute approximate surface area is 108 Å². The van der Waals surface area contributed by atoms with Crippen LogP contribution in [0.1, 0.15) is 20.3 Å². The maximum atomic E-state index is 5.55. The topological polar surface area (TPSA) is 89.2 Å². The van der Waals surface area contributed by atoms with Crippen LogP contribution in [0.4, 0.5) is 11.9 Å². The van der Waals surface area contributed by atoms with Crippen molar-refractivity contribution in [3.8, 4) is 6.01 Å². The Kier molecular flexibility index (Phi) is 6.13. The van der Waals surface area contributed by atoms with E-state index in [4.69, 9.17) is 10.5 Å². The van der Waals surface area contributed by atoms with E-state index >= 15 is 0 Å². The summed E-state index contributed by atoms with van der Waals surface area (Å²) in [5.41, 5.74) is 5.55. The Morgan fingerprint density at radius 3 is 2.61 bits per heavy atom. The summed E-state index contributed by atoms with van der Waals surface area (Å²) in [7, 11) is 1.50. The fraction of sp³-hybridized carbons (Fsp3) is 0.727. The highest BCUT2D eigenvalue weighted by Crippen LogP contribution is 2.07. The molecule has 0 aliphatic carbocycles. The Morgan fingerprint density at radius 1 is 1.22 bits per heavy atom. The number of nitrogens with two attached hydrogens (primary N) is 1. The van der Waals surface area contributed by atoms with Crippen LogP contribution in [-0.2, 0) is 0 Å². The molecule has 0 spiro atoms. The highest BCUT2D eigenvalue weighted by molar-refractivity contribution is 5.32. The third-order valence-electron chi connectivity index (χ3n) is 2.51. The van der Waals surface area contributed by atoms with Gasteiger partial charge < -0.3 is 20.7 Å². The van der Waals surface area contributed by atoms with E-state index in [1.165, 1.54) is 7.11 Å². The molecule has 0 aromatic carbocycles. The van der Waals surface area contributed by atoms with Gasteiger partial charge in [-0.05, 0) is 19.5 Å². The third-order valence-corrected chi connectivity index (χ3v) is 2.51. The molecular formula is C11H22N6O. The largest absolute Gasteiger partial charge is 0.467 e. The first-order valence-corrected chi connectivity index (χ1v) is 6.21. The number of hydrogen-bond donors (Lipinski definition) is 2. The van der Waals surface area contributed by atoms with E-state index in [1.807, 2.05) is 0 Å². The Hall–Kier alpha value is -1.63. The van der Waals surface area contributed by atoms with Gasteiger partial charge in [0.1, 0.15) is 0 Å². The van der Waals surface area contributed by atoms with Crippen molar-refractivity contribution in [2.75, 3.05) is 44.3 Å². The van der Waals surface area contributed by atoms with Crippen LogP contribution >= 0.6 is 0 Å². The molecule has 0 amide bonds. The van der Waals surface area contributed by atoms with Gasteiger partial charge in [0.15, 0.2) is 0 Å². The lowest BCUT2D eigenvalue weighted by Gasteiger charge is -2.19. The lowest BCUT2D eigenvalue weighted by atomic mass is 10.4. The average molecular weight is 254 g/mol. The first kappa shape index (κ1) is 14.4. The summed E-state index contributed by atoms with van der Waals surface area (Å²) >= 11 is 0. The fourth-order valence-electron chi connectivity index (χ4n) is 1.61. The van der Waals surface area contributed by atoms with Crippen LogP contribution in [0.2, 0.25) is 0 Å². The van der Waals surface area contributed by atoms with Gasteiger partial charge in [-0.25, -0.2) is 0 Å². The van der Waals surface area contributed by atoms with Gasteiger partial charge in [0.2, 0.25) is 11.9 Å². The molecule has 1 heterocycles. The number of rotatable bonds is 8. The van der Waals surface area contributed by atoms with Crippen molar-refractivity contribution in [3.05, 3.63) is 0 Å². The van der Waals surface area contributed by atoms with Crippen molar-refractivity contribution in [2.24, 2.45) is 0 Å². The van der Waals surface area contributed by atoms with Crippen LogP contribution in [-0.4, -0.2) is 53.1 Å². The molecule has 0 aliphatic rings. The van der Waals surface area contributed by atoms with Crippen molar-refractivity contribution in [3.63, 3.8) is 0 Å². The summed E-state index contributed by atoms with van der Waals surface area (Å²) in [5.74, 6) is 0.608. The molecule has 0 saturated heterocycles. The average Bonchev–Trinajstić information content (AvgIpc) is 2.37. The van der Waals surface area contributed by atoms with Gasteiger partial charge in [0, 0.05) is 13.1 Å². The van der Waals surface area contributed by atoms with Crippen LogP contribution in [0.3, 0.4) is 0 Å². The van der Waals surface area contributed by atoms with Crippen molar-refractivity contribution in [2.45, 2.75) is 20.3 Å². The van der Waals surface area contributed by atoms with Crippen LogP contribution < -0.4 is 15.8 Å². The van der Waals surface area contributed by atoms with Gasteiger partial charge in [0.05, 0.1) is 7.11 Å². The minimum absolute atomic E-state index is 0.158. The molecular weight excluding hydrogens is 232 g/mol. The standard InChI is InChI=1S/C11H22N6O/c1-4-7-17(5-2)8-6-13-10-14-9(12)15-11(16-10)18-3/h4-8H2,1-3H3,(H3,12,13,14,15,16). The van der Waals surface area contributed by atoms with E-state index in [0.29, 0.717) is 5.95 Å². The van der Waals surface area contributed by atoms with Gasteiger partial charge in [-0.1, -0.05) is 13.8 Å². The molecule has 0 unspecified atom stereocenters. The molecule has 1 aromatic rings. The molecule has 7 heteroatoms. The van der Waals surface area contributed by atoms with Crippen molar-refractivity contribution in [1.82, 2.24) is 19.9 Å². The lowest BCUT2D eigenvalue weighted by Crippen LogP contribution is -2.30. The highest BCUT2D eigenvalue weighted by atomic mass is 16.5. The van der Waals surface area contributed by atoms with E-state index < -0.39 is 0 Å². The van der Waals surface area contributed by atoms with E-state index in [0.717, 1.165) is 32.6 Å². The zero-order chi connectivity index (χ0) is 13.4. The molecule has 0 atom stereocenters. The second kappa shape index (κ2) is 7.65. The normalized spacial score (nSPS) is 10.7. The number of nitrogen functional groups attached to an aromatic ring is 1. The number of nitrogens with zero attached hydrogens (tertiary/aromatic N) is 4. The number of likely N-dealkylation sites (N-methyl/N-ethyl adjacent to an activating group) is 1. The summed E-state index contributed by atoms with van der Waals surface area (Å²) in [6, 6.07) is 0.228. The van der Waals surface area contributed by atoms with Gasteiger partial charge in [-0.2, -0.15) is 15.0 Å². The maximum Gasteiger partial charge on any atom is 0.322 e. The zero-order valence-electron chi connectivity index (χ0n) is 11.3. The number of nitrogens with one attached hydrogen (secondary N) is 1. The summed E-state index contributed by atoms with van der Waals surface area (Å²) in [4.78, 5) is 14.2. The predicted molar refractivity (Wildman–Crippen MR) is 71.7 cm³/mol. The van der Waals surface area contributed by atoms with E-state index in [9.17, 15) is 0 Å². The van der Waals surface area contributed by atoms with Gasteiger partial charge in [-0.15, -0.1) is 0 Å². The summed E-state index contributed by atoms with van der Waals surface area (Å²) in [5, 5.41) is 3.12. The van der Waals surface area contributed by atoms with Crippen LogP contribution in [0, 0.1) is 0 Å². The summed E-state index contributed by atoms with van der Waals surface area (Å²) in [6.07, 6.45) is 1.15. The molecule has 18 heavy (non-hydrogen) atoms. The second-order valence-corrected chi connectivity index (χ2v) is 3.86. The quantitative estimate of drug-likeness (QED) is 0.702. The van der Waals surface area contributed by atoms with Crippen molar-refractivity contribution < 1.29 is 4.74 Å². The minimum Gasteiger partial charge on any atom is -0.467 e. The lowest BCUT2D eigenvalue weighted by molar-refractivity contribution is 0.299. The monoisotopic (exact) mass is 254 g/mol. The molecule has 0 radical (unpaired) electrons. The van der Waals surface area contributed by atoms with Crippen LogP contribution in [0.15, 0.2) is 0 Å². The number of aromatic nitrogens is 3. The van der Waals surface area contributed by atoms with Crippen molar-refractivity contribution in [1.29, 1.82) is 0 Å². The Bertz CT molecular complexity index is 359. The van der Waals surface area contributed by atoms with E-state index in [2.05, 4.69) is 39.0 Å². The molecule has 7 nitrogen and oxygen atoms in total. The Morgan fingerprint density at radius 2 is 2.00 bits per heavy atom. The molecule has 0 fully saturated rings. The van der Waals surface area contributed by atoms with Gasteiger partial charge >= 0.3 is 6.01 Å². The molecule has 3 N–H and O–H groups in total. The maximum absolute atomic E-state index is 5.55. The molecule has 1 aromatic heterocycles. The number of anilines is 2. The SMILES string of the molecule is CCCN(CC)CCNc1nc(N)nc(OC)n1. The molecule has 0 saturated carbocycles. The van der Waals surface area contributed by atoms with E-state index in [1.54, 1.807) is 0 Å². The highest BCUT2D eigenvalue weighted by Gasteiger charge is 2.05. The molecule has 1 rings (SSSR count). The van der Waals surface area contributed by atoms with Gasteiger partial charge in [-0.3, -0.25) is 0 Å². The molecule has 102 valence electrons. The van der Waals surface area contributed by atoms with Crippen molar-refractivity contribution >= 4 is 11.9 Å². The second-order valence-electron chi connectivity index (χ2n) is 3.86. The molecule has 0 aliphatic heterocycles. The van der Waals surface area contributed by atoms with E-state index in [-0.39, 0.29) is 12.0 Å².